The molecule has 4 saturated carbocycles. The summed E-state index contributed by atoms with van der Waals surface area (Å²) in [4.78, 5) is 13.1. The van der Waals surface area contributed by atoms with Gasteiger partial charge in [0.05, 0.1) is 11.2 Å². The number of benzene rings is 1. The fourth-order valence-corrected chi connectivity index (χ4v) is 8.90. The van der Waals surface area contributed by atoms with Crippen molar-refractivity contribution in [3.8, 4) is 0 Å². The minimum Gasteiger partial charge on any atom is -0.458 e. The predicted molar refractivity (Wildman–Crippen MR) is 121 cm³/mol. The Labute approximate surface area is 191 Å². The molecule has 0 heterocycles. The maximum atomic E-state index is 13.1. The second-order valence-corrected chi connectivity index (χ2v) is 12.0. The van der Waals surface area contributed by atoms with Gasteiger partial charge >= 0.3 is 5.97 Å². The molecule has 2 bridgehead atoms. The first-order chi connectivity index (χ1) is 15.0. The Morgan fingerprint density at radius 2 is 1.72 bits per heavy atom. The van der Waals surface area contributed by atoms with Gasteiger partial charge in [0.25, 0.3) is 0 Å². The van der Waals surface area contributed by atoms with Gasteiger partial charge in [-0.05, 0) is 86.7 Å². The van der Waals surface area contributed by atoms with Gasteiger partial charge in [0.15, 0.2) is 6.29 Å². The molecule has 4 aliphatic carbocycles. The molecule has 3 N–H and O–H groups in total. The van der Waals surface area contributed by atoms with E-state index in [1.165, 1.54) is 0 Å². The Balaban J connectivity index is 1.57. The van der Waals surface area contributed by atoms with Gasteiger partial charge in [-0.2, -0.15) is 0 Å². The SMILES string of the molecule is CC1(O)CCC23CC1CC2CC(OC(=O)c1ccccc1)C1C(C)(C(O)O)CCCC13C. The number of fused-ring (bicyclic) bond motifs is 2. The van der Waals surface area contributed by atoms with Gasteiger partial charge in [0.2, 0.25) is 0 Å². The summed E-state index contributed by atoms with van der Waals surface area (Å²) in [5, 5.41) is 32.2. The summed E-state index contributed by atoms with van der Waals surface area (Å²) in [6.07, 6.45) is 5.30. The normalized spacial score (nSPS) is 47.6. The molecule has 5 nitrogen and oxygen atoms in total. The lowest BCUT2D eigenvalue weighted by Crippen LogP contribution is -2.65. The van der Waals surface area contributed by atoms with Crippen molar-refractivity contribution in [1.29, 1.82) is 0 Å². The van der Waals surface area contributed by atoms with Gasteiger partial charge in [-0.15, -0.1) is 0 Å². The van der Waals surface area contributed by atoms with Crippen LogP contribution < -0.4 is 0 Å². The number of hydrogen-bond acceptors (Lipinski definition) is 5. The van der Waals surface area contributed by atoms with E-state index in [4.69, 9.17) is 4.74 Å². The molecule has 8 atom stereocenters. The lowest BCUT2D eigenvalue weighted by molar-refractivity contribution is -0.264. The first kappa shape index (κ1) is 22.4. The van der Waals surface area contributed by atoms with Crippen molar-refractivity contribution in [2.75, 3.05) is 0 Å². The molecule has 0 radical (unpaired) electrons. The Hall–Kier alpha value is -1.43. The third-order valence-corrected chi connectivity index (χ3v) is 10.6. The van der Waals surface area contributed by atoms with Crippen LogP contribution in [0, 0.1) is 34.0 Å². The smallest absolute Gasteiger partial charge is 0.338 e. The van der Waals surface area contributed by atoms with E-state index in [0.29, 0.717) is 17.9 Å². The Bertz CT molecular complexity index is 881. The van der Waals surface area contributed by atoms with Crippen LogP contribution in [0.5, 0.6) is 0 Å². The molecule has 4 fully saturated rings. The van der Waals surface area contributed by atoms with E-state index >= 15 is 0 Å². The van der Waals surface area contributed by atoms with Gasteiger partial charge in [0.1, 0.15) is 6.10 Å². The molecule has 5 rings (SSSR count). The zero-order chi connectivity index (χ0) is 22.9. The maximum Gasteiger partial charge on any atom is 0.338 e. The highest BCUT2D eigenvalue weighted by molar-refractivity contribution is 5.89. The Morgan fingerprint density at radius 1 is 1.00 bits per heavy atom. The highest BCUT2D eigenvalue weighted by atomic mass is 16.5. The second kappa shape index (κ2) is 7.28. The lowest BCUT2D eigenvalue weighted by Gasteiger charge is -2.67. The molecule has 0 saturated heterocycles. The van der Waals surface area contributed by atoms with Gasteiger partial charge < -0.3 is 20.1 Å². The molecule has 0 aliphatic heterocycles. The van der Waals surface area contributed by atoms with Crippen molar-refractivity contribution in [1.82, 2.24) is 0 Å². The predicted octanol–water partition coefficient (Wildman–Crippen LogP) is 4.30. The topological polar surface area (TPSA) is 87.0 Å². The second-order valence-electron chi connectivity index (χ2n) is 12.0. The van der Waals surface area contributed by atoms with Crippen molar-refractivity contribution in [3.63, 3.8) is 0 Å². The largest absolute Gasteiger partial charge is 0.458 e. The summed E-state index contributed by atoms with van der Waals surface area (Å²) in [5.74, 6) is 0.181. The Morgan fingerprint density at radius 3 is 2.41 bits per heavy atom. The number of ether oxygens (including phenoxy) is 1. The van der Waals surface area contributed by atoms with Crippen molar-refractivity contribution < 1.29 is 24.9 Å². The quantitative estimate of drug-likeness (QED) is 0.480. The highest BCUT2D eigenvalue weighted by Crippen LogP contribution is 2.75. The van der Waals surface area contributed by atoms with Gasteiger partial charge in [-0.25, -0.2) is 4.79 Å². The van der Waals surface area contributed by atoms with E-state index in [0.717, 1.165) is 44.9 Å². The third-order valence-electron chi connectivity index (χ3n) is 10.6. The first-order valence-corrected chi connectivity index (χ1v) is 12.4. The zero-order valence-corrected chi connectivity index (χ0v) is 19.6. The van der Waals surface area contributed by atoms with Crippen molar-refractivity contribution in [2.45, 2.75) is 90.1 Å². The summed E-state index contributed by atoms with van der Waals surface area (Å²) in [6, 6.07) is 9.09. The fraction of sp³-hybridized carbons (Fsp3) is 0.741. The number of esters is 1. The van der Waals surface area contributed by atoms with Crippen molar-refractivity contribution in [2.24, 2.45) is 34.0 Å². The van der Waals surface area contributed by atoms with Crippen LogP contribution in [-0.2, 0) is 4.74 Å². The highest BCUT2D eigenvalue weighted by Gasteiger charge is 2.72. The monoisotopic (exact) mass is 442 g/mol. The summed E-state index contributed by atoms with van der Waals surface area (Å²) in [5.41, 5.74) is -0.938. The average molecular weight is 443 g/mol. The molecule has 0 amide bonds. The molecule has 0 aromatic heterocycles. The fourth-order valence-electron chi connectivity index (χ4n) is 8.90. The number of aliphatic hydroxyl groups excluding tert-OH is 1. The van der Waals surface area contributed by atoms with E-state index < -0.39 is 17.3 Å². The zero-order valence-electron chi connectivity index (χ0n) is 19.6. The van der Waals surface area contributed by atoms with E-state index in [1.807, 2.05) is 32.0 Å². The molecule has 1 aromatic rings. The molecular weight excluding hydrogens is 404 g/mol. The number of hydrogen-bond donors (Lipinski definition) is 3. The van der Waals surface area contributed by atoms with Crippen LogP contribution in [0.3, 0.4) is 0 Å². The number of carbonyl (C=O) groups excluding carboxylic acids is 1. The molecule has 176 valence electrons. The van der Waals surface area contributed by atoms with E-state index in [1.54, 1.807) is 12.1 Å². The molecule has 4 aliphatic rings. The molecule has 1 spiro atoms. The minimum atomic E-state index is -1.46. The van der Waals surface area contributed by atoms with Crippen molar-refractivity contribution >= 4 is 5.97 Å². The maximum absolute atomic E-state index is 13.1. The van der Waals surface area contributed by atoms with Gasteiger partial charge in [-0.1, -0.05) is 38.5 Å². The molecule has 8 unspecified atom stereocenters. The molecule has 5 heteroatoms. The summed E-state index contributed by atoms with van der Waals surface area (Å²) in [6.45, 7) is 6.29. The van der Waals surface area contributed by atoms with E-state index in [-0.39, 0.29) is 34.7 Å². The van der Waals surface area contributed by atoms with Crippen LogP contribution in [0.2, 0.25) is 0 Å². The van der Waals surface area contributed by atoms with Crippen LogP contribution in [0.25, 0.3) is 0 Å². The number of carbonyl (C=O) groups is 1. The third kappa shape index (κ3) is 2.97. The Kier molecular flexibility index (Phi) is 5.09. The van der Waals surface area contributed by atoms with Crippen molar-refractivity contribution in [3.05, 3.63) is 35.9 Å². The molecule has 1 aromatic carbocycles. The first-order valence-electron chi connectivity index (χ1n) is 12.4. The summed E-state index contributed by atoms with van der Waals surface area (Å²) in [7, 11) is 0. The summed E-state index contributed by atoms with van der Waals surface area (Å²) >= 11 is 0. The van der Waals surface area contributed by atoms with Crippen LogP contribution in [0.4, 0.5) is 0 Å². The van der Waals surface area contributed by atoms with E-state index in [9.17, 15) is 20.1 Å². The van der Waals surface area contributed by atoms with E-state index in [2.05, 4.69) is 6.92 Å². The van der Waals surface area contributed by atoms with Gasteiger partial charge in [-0.3, -0.25) is 0 Å². The molecule has 32 heavy (non-hydrogen) atoms. The van der Waals surface area contributed by atoms with Crippen LogP contribution in [0.15, 0.2) is 30.3 Å². The standard InChI is InChI=1S/C27H38O5/c1-24(23(29)30)10-7-11-25(2)21(24)20(32-22(28)17-8-5-4-6-9-17)15-18-14-19-16-27(18,25)13-12-26(19,3)31/h4-6,8-9,18-21,23,29-31H,7,10-16H2,1-3H3. The summed E-state index contributed by atoms with van der Waals surface area (Å²) < 4.78 is 6.24. The lowest BCUT2D eigenvalue weighted by atomic mass is 9.38. The molecular formula is C27H38O5. The van der Waals surface area contributed by atoms with Crippen LogP contribution in [-0.4, -0.2) is 39.3 Å². The van der Waals surface area contributed by atoms with Crippen LogP contribution in [0.1, 0.15) is 82.5 Å². The van der Waals surface area contributed by atoms with Crippen LogP contribution >= 0.6 is 0 Å². The number of aliphatic hydroxyl groups is 3. The average Bonchev–Trinajstić information content (AvgIpc) is 3.09. The minimum absolute atomic E-state index is 0.0663. The van der Waals surface area contributed by atoms with Gasteiger partial charge in [0, 0.05) is 11.3 Å². The number of rotatable bonds is 3.